The van der Waals surface area contributed by atoms with E-state index in [-0.39, 0.29) is 0 Å². The molecule has 89 valence electrons. The molecule has 0 N–H and O–H groups in total. The fourth-order valence-corrected chi connectivity index (χ4v) is 2.50. The number of hydrogen-bond acceptors (Lipinski definition) is 0. The first-order valence-corrected chi connectivity index (χ1v) is 7.20. The van der Waals surface area contributed by atoms with Gasteiger partial charge in [0.2, 0.25) is 0 Å². The lowest BCUT2D eigenvalue weighted by Crippen LogP contribution is -2.02. The lowest BCUT2D eigenvalue weighted by atomic mass is 9.87. The van der Waals surface area contributed by atoms with Crippen molar-refractivity contribution >= 4 is 27.5 Å². The van der Waals surface area contributed by atoms with Crippen LogP contribution in [0.25, 0.3) is 0 Å². The molecular formula is C15H15BrCl. The van der Waals surface area contributed by atoms with E-state index >= 15 is 0 Å². The van der Waals surface area contributed by atoms with Gasteiger partial charge in [0.05, 0.1) is 5.02 Å². The molecule has 2 rings (SSSR count). The maximum absolute atomic E-state index is 6.02. The average molecular weight is 311 g/mol. The molecule has 0 heterocycles. The average Bonchev–Trinajstić information content (AvgIpc) is 2.35. The van der Waals surface area contributed by atoms with E-state index in [1.807, 2.05) is 18.2 Å². The maximum Gasteiger partial charge on any atom is 0.0560 e. The van der Waals surface area contributed by atoms with E-state index in [4.69, 9.17) is 11.6 Å². The van der Waals surface area contributed by atoms with Gasteiger partial charge >= 0.3 is 0 Å². The first kappa shape index (κ1) is 13.0. The van der Waals surface area contributed by atoms with Crippen molar-refractivity contribution in [3.05, 3.63) is 39.2 Å². The number of rotatable bonds is 1. The van der Waals surface area contributed by atoms with Crippen LogP contribution in [0, 0.1) is 17.8 Å². The Labute approximate surface area is 117 Å². The molecule has 1 aromatic carbocycles. The van der Waals surface area contributed by atoms with E-state index in [1.54, 1.807) is 5.92 Å². The van der Waals surface area contributed by atoms with Crippen molar-refractivity contribution < 1.29 is 0 Å². The molecule has 0 aromatic heterocycles. The molecule has 0 bridgehead atoms. The Kier molecular flexibility index (Phi) is 4.95. The van der Waals surface area contributed by atoms with Gasteiger partial charge in [-0.1, -0.05) is 42.7 Å². The fourth-order valence-electron chi connectivity index (χ4n) is 2.07. The maximum atomic E-state index is 6.02. The Morgan fingerprint density at radius 3 is 2.65 bits per heavy atom. The molecule has 0 aliphatic heterocycles. The second-order valence-corrected chi connectivity index (χ2v) is 5.68. The molecule has 0 amide bonds. The predicted molar refractivity (Wildman–Crippen MR) is 77.0 cm³/mol. The zero-order valence-electron chi connectivity index (χ0n) is 9.73. The minimum atomic E-state index is 0.724. The highest BCUT2D eigenvalue weighted by Gasteiger charge is 2.11. The molecule has 1 aliphatic carbocycles. The van der Waals surface area contributed by atoms with E-state index < -0.39 is 0 Å². The third-order valence-corrected chi connectivity index (χ3v) is 4.28. The van der Waals surface area contributed by atoms with Crippen molar-refractivity contribution in [2.75, 3.05) is 0 Å². The highest BCUT2D eigenvalue weighted by atomic mass is 79.9. The summed E-state index contributed by atoms with van der Waals surface area (Å²) in [6.07, 6.45) is 7.58. The molecule has 17 heavy (non-hydrogen) atoms. The summed E-state index contributed by atoms with van der Waals surface area (Å²) in [4.78, 5) is 0. The van der Waals surface area contributed by atoms with E-state index in [9.17, 15) is 0 Å². The van der Waals surface area contributed by atoms with Gasteiger partial charge in [-0.2, -0.15) is 0 Å². The molecule has 0 unspecified atom stereocenters. The van der Waals surface area contributed by atoms with E-state index in [2.05, 4.69) is 27.8 Å². The number of halogens is 2. The van der Waals surface area contributed by atoms with Crippen LogP contribution in [0.4, 0.5) is 0 Å². The zero-order chi connectivity index (χ0) is 12.1. The molecular weight excluding hydrogens is 296 g/mol. The third kappa shape index (κ3) is 4.05. The van der Waals surface area contributed by atoms with Crippen molar-refractivity contribution in [3.8, 4) is 11.8 Å². The van der Waals surface area contributed by atoms with Crippen LogP contribution in [0.1, 0.15) is 44.1 Å². The largest absolute Gasteiger partial charge is 0.0973 e. The van der Waals surface area contributed by atoms with E-state index in [0.717, 1.165) is 21.5 Å². The first-order valence-electron chi connectivity index (χ1n) is 6.03. The zero-order valence-corrected chi connectivity index (χ0v) is 12.1. The monoisotopic (exact) mass is 309 g/mol. The third-order valence-electron chi connectivity index (χ3n) is 3.05. The standard InChI is InChI=1S/C15H15BrCl/c16-14-10-9-13(11-15(14)17)8-4-7-12-5-2-1-3-6-12/h9-11H,1-3,5-7H2. The van der Waals surface area contributed by atoms with Gasteiger partial charge in [0.15, 0.2) is 0 Å². The number of benzene rings is 1. The van der Waals surface area contributed by atoms with Gasteiger partial charge in [0.25, 0.3) is 0 Å². The molecule has 0 atom stereocenters. The van der Waals surface area contributed by atoms with Crippen LogP contribution in [0.15, 0.2) is 22.7 Å². The Balaban J connectivity index is 1.93. The molecule has 2 heteroatoms. The summed E-state index contributed by atoms with van der Waals surface area (Å²) in [6, 6.07) is 5.85. The van der Waals surface area contributed by atoms with Crippen molar-refractivity contribution in [3.63, 3.8) is 0 Å². The second kappa shape index (κ2) is 6.47. The molecule has 1 aliphatic rings. The molecule has 0 spiro atoms. The quantitative estimate of drug-likeness (QED) is 0.611. The Hall–Kier alpha value is -0.450. The summed E-state index contributed by atoms with van der Waals surface area (Å²) >= 11 is 9.40. The summed E-state index contributed by atoms with van der Waals surface area (Å²) in [5, 5.41) is 0.724. The van der Waals surface area contributed by atoms with Gasteiger partial charge < -0.3 is 0 Å². The molecule has 1 fully saturated rings. The Bertz CT molecular complexity index is 436. The summed E-state index contributed by atoms with van der Waals surface area (Å²) < 4.78 is 0.923. The molecule has 1 radical (unpaired) electrons. The molecule has 1 aromatic rings. The normalized spacial score (nSPS) is 16.4. The van der Waals surface area contributed by atoms with Crippen LogP contribution in [-0.4, -0.2) is 0 Å². The summed E-state index contributed by atoms with van der Waals surface area (Å²) in [6.45, 7) is 0. The van der Waals surface area contributed by atoms with Crippen LogP contribution >= 0.6 is 27.5 Å². The van der Waals surface area contributed by atoms with Gasteiger partial charge in [-0.25, -0.2) is 0 Å². The molecule has 1 saturated carbocycles. The van der Waals surface area contributed by atoms with Crippen LogP contribution in [0.5, 0.6) is 0 Å². The Morgan fingerprint density at radius 2 is 1.94 bits per heavy atom. The van der Waals surface area contributed by atoms with Gasteiger partial charge in [0, 0.05) is 16.5 Å². The van der Waals surface area contributed by atoms with Crippen LogP contribution in [0.3, 0.4) is 0 Å². The SMILES string of the molecule is Clc1cc(C#CC[C]2CCCCC2)ccc1Br. The van der Waals surface area contributed by atoms with Crippen molar-refractivity contribution in [2.45, 2.75) is 38.5 Å². The van der Waals surface area contributed by atoms with Gasteiger partial charge in [-0.15, -0.1) is 0 Å². The lowest BCUT2D eigenvalue weighted by Gasteiger charge is -2.18. The summed E-state index contributed by atoms with van der Waals surface area (Å²) in [7, 11) is 0. The minimum Gasteiger partial charge on any atom is -0.0973 e. The highest BCUT2D eigenvalue weighted by molar-refractivity contribution is 9.10. The topological polar surface area (TPSA) is 0 Å². The second-order valence-electron chi connectivity index (χ2n) is 4.42. The molecule has 0 nitrogen and oxygen atoms in total. The van der Waals surface area contributed by atoms with Crippen LogP contribution in [0.2, 0.25) is 5.02 Å². The van der Waals surface area contributed by atoms with Crippen molar-refractivity contribution in [2.24, 2.45) is 0 Å². The van der Waals surface area contributed by atoms with Crippen LogP contribution < -0.4 is 0 Å². The molecule has 0 saturated heterocycles. The summed E-state index contributed by atoms with van der Waals surface area (Å²) in [5.41, 5.74) is 0.995. The highest BCUT2D eigenvalue weighted by Crippen LogP contribution is 2.28. The summed E-state index contributed by atoms with van der Waals surface area (Å²) in [5.74, 6) is 8.06. The smallest absolute Gasteiger partial charge is 0.0560 e. The predicted octanol–water partition coefficient (Wildman–Crippen LogP) is 5.38. The van der Waals surface area contributed by atoms with E-state index in [1.165, 1.54) is 32.1 Å². The van der Waals surface area contributed by atoms with E-state index in [0.29, 0.717) is 0 Å². The number of hydrogen-bond donors (Lipinski definition) is 0. The van der Waals surface area contributed by atoms with Crippen LogP contribution in [-0.2, 0) is 0 Å². The minimum absolute atomic E-state index is 0.724. The van der Waals surface area contributed by atoms with Gasteiger partial charge in [0.1, 0.15) is 0 Å². The fraction of sp³-hybridized carbons (Fsp3) is 0.400. The Morgan fingerprint density at radius 1 is 1.18 bits per heavy atom. The first-order chi connectivity index (χ1) is 8.25. The lowest BCUT2D eigenvalue weighted by molar-refractivity contribution is 0.526. The van der Waals surface area contributed by atoms with Crippen molar-refractivity contribution in [1.29, 1.82) is 0 Å². The van der Waals surface area contributed by atoms with Crippen molar-refractivity contribution in [1.82, 2.24) is 0 Å². The van der Waals surface area contributed by atoms with Gasteiger partial charge in [-0.05, 0) is 52.9 Å². The van der Waals surface area contributed by atoms with Gasteiger partial charge in [-0.3, -0.25) is 0 Å².